The molecule has 0 aliphatic carbocycles. The first-order chi connectivity index (χ1) is 15.6. The molecule has 0 saturated heterocycles. The van der Waals surface area contributed by atoms with Gasteiger partial charge in [-0.3, -0.25) is 4.79 Å². The van der Waals surface area contributed by atoms with Crippen LogP contribution in [0, 0.1) is 11.8 Å². The van der Waals surface area contributed by atoms with E-state index in [2.05, 4.69) is 30.0 Å². The molecule has 1 N–H and O–H groups in total. The quantitative estimate of drug-likeness (QED) is 0.320. The molecule has 32 heavy (non-hydrogen) atoms. The number of hydrogen-bond acceptors (Lipinski definition) is 4. The number of methoxy groups -OCH3 is 2. The second-order valence-corrected chi connectivity index (χ2v) is 7.51. The van der Waals surface area contributed by atoms with Crippen LogP contribution in [-0.2, 0) is 4.79 Å². The lowest BCUT2D eigenvalue weighted by molar-refractivity contribution is -0.137. The maximum Gasteiger partial charge on any atom is 0.303 e. The van der Waals surface area contributed by atoms with E-state index in [0.29, 0.717) is 12.8 Å². The summed E-state index contributed by atoms with van der Waals surface area (Å²) in [5.41, 5.74) is 4.09. The van der Waals surface area contributed by atoms with Gasteiger partial charge < -0.3 is 19.3 Å². The average Bonchev–Trinajstić information content (AvgIpc) is 2.81. The van der Waals surface area contributed by atoms with Crippen LogP contribution >= 0.6 is 0 Å². The van der Waals surface area contributed by atoms with Gasteiger partial charge in [-0.2, -0.15) is 0 Å². The van der Waals surface area contributed by atoms with E-state index in [1.165, 1.54) is 0 Å². The number of carboxylic acid groups (broad SMARTS) is 1. The summed E-state index contributed by atoms with van der Waals surface area (Å²) < 4.78 is 17.0. The number of carbonyl (C=O) groups is 1. The maximum absolute atomic E-state index is 10.6. The normalized spacial score (nSPS) is 13.6. The van der Waals surface area contributed by atoms with Crippen LogP contribution in [0.1, 0.15) is 47.4 Å². The molecule has 1 aliphatic rings. The molecule has 162 valence electrons. The molecule has 1 unspecified atom stereocenters. The van der Waals surface area contributed by atoms with Crippen molar-refractivity contribution in [3.8, 4) is 34.8 Å². The summed E-state index contributed by atoms with van der Waals surface area (Å²) in [7, 11) is 3.29. The molecule has 0 radical (unpaired) electrons. The Morgan fingerprint density at radius 3 is 2.28 bits per heavy atom. The molecular formula is C27H24O5. The molecule has 1 heterocycles. The number of fused-ring (bicyclic) bond motifs is 2. The van der Waals surface area contributed by atoms with E-state index in [4.69, 9.17) is 19.3 Å². The highest BCUT2D eigenvalue weighted by Gasteiger charge is 2.29. The van der Waals surface area contributed by atoms with Crippen LogP contribution in [0.4, 0.5) is 0 Å². The van der Waals surface area contributed by atoms with Gasteiger partial charge in [-0.1, -0.05) is 36.1 Å². The molecular weight excluding hydrogens is 404 g/mol. The van der Waals surface area contributed by atoms with Crippen molar-refractivity contribution >= 4 is 5.97 Å². The van der Waals surface area contributed by atoms with E-state index in [9.17, 15) is 4.79 Å². The zero-order valence-corrected chi connectivity index (χ0v) is 18.1. The van der Waals surface area contributed by atoms with Crippen LogP contribution in [0.5, 0.6) is 23.0 Å². The summed E-state index contributed by atoms with van der Waals surface area (Å²) in [5.74, 6) is 8.43. The Balaban J connectivity index is 1.70. The van der Waals surface area contributed by atoms with Crippen molar-refractivity contribution < 1.29 is 24.1 Å². The molecule has 4 rings (SSSR count). The van der Waals surface area contributed by atoms with Crippen LogP contribution in [0.3, 0.4) is 0 Å². The van der Waals surface area contributed by atoms with Crippen LogP contribution in [0.25, 0.3) is 0 Å². The first kappa shape index (κ1) is 21.3. The van der Waals surface area contributed by atoms with Crippen molar-refractivity contribution in [2.24, 2.45) is 0 Å². The van der Waals surface area contributed by atoms with E-state index in [1.54, 1.807) is 14.2 Å². The Kier molecular flexibility index (Phi) is 6.32. The summed E-state index contributed by atoms with van der Waals surface area (Å²) >= 11 is 0. The zero-order chi connectivity index (χ0) is 22.5. The Hall–Kier alpha value is -3.91. The van der Waals surface area contributed by atoms with Gasteiger partial charge in [-0.25, -0.2) is 0 Å². The van der Waals surface area contributed by atoms with Crippen LogP contribution in [0.2, 0.25) is 0 Å². The highest BCUT2D eigenvalue weighted by atomic mass is 16.5. The number of benzene rings is 3. The lowest BCUT2D eigenvalue weighted by Gasteiger charge is -2.29. The molecule has 3 aromatic rings. The van der Waals surface area contributed by atoms with E-state index >= 15 is 0 Å². The van der Waals surface area contributed by atoms with Crippen LogP contribution < -0.4 is 14.2 Å². The maximum atomic E-state index is 10.6. The topological polar surface area (TPSA) is 65.0 Å². The third-order valence-electron chi connectivity index (χ3n) is 5.45. The number of hydrogen-bond donors (Lipinski definition) is 1. The average molecular weight is 428 g/mol. The molecule has 0 aromatic heterocycles. The summed E-state index contributed by atoms with van der Waals surface area (Å²) in [6.45, 7) is 0. The summed E-state index contributed by atoms with van der Waals surface area (Å²) in [6, 6.07) is 19.9. The highest BCUT2D eigenvalue weighted by Crippen LogP contribution is 2.48. The van der Waals surface area contributed by atoms with Crippen molar-refractivity contribution in [2.75, 3.05) is 14.2 Å². The van der Waals surface area contributed by atoms with Crippen LogP contribution in [-0.4, -0.2) is 25.3 Å². The lowest BCUT2D eigenvalue weighted by Crippen LogP contribution is -2.12. The van der Waals surface area contributed by atoms with Gasteiger partial charge in [0.25, 0.3) is 0 Å². The first-order valence-electron chi connectivity index (χ1n) is 10.4. The Labute approximate surface area is 187 Å². The zero-order valence-electron chi connectivity index (χ0n) is 18.1. The molecule has 5 nitrogen and oxygen atoms in total. The van der Waals surface area contributed by atoms with Gasteiger partial charge in [0.05, 0.1) is 14.2 Å². The van der Waals surface area contributed by atoms with Gasteiger partial charge in [0, 0.05) is 41.5 Å². The van der Waals surface area contributed by atoms with Gasteiger partial charge in [0.2, 0.25) is 0 Å². The molecule has 0 bridgehead atoms. The minimum absolute atomic E-state index is 0.00291. The summed E-state index contributed by atoms with van der Waals surface area (Å²) in [4.78, 5) is 10.6. The Bertz CT molecular complexity index is 1180. The highest BCUT2D eigenvalue weighted by molar-refractivity contribution is 5.66. The summed E-state index contributed by atoms with van der Waals surface area (Å²) in [5, 5.41) is 8.75. The molecule has 0 spiro atoms. The number of rotatable bonds is 6. The van der Waals surface area contributed by atoms with E-state index in [-0.39, 0.29) is 12.3 Å². The predicted molar refractivity (Wildman–Crippen MR) is 122 cm³/mol. The number of ether oxygens (including phenoxy) is 3. The van der Waals surface area contributed by atoms with Crippen molar-refractivity contribution in [3.63, 3.8) is 0 Å². The fourth-order valence-electron chi connectivity index (χ4n) is 3.84. The second kappa shape index (κ2) is 9.49. The van der Waals surface area contributed by atoms with Gasteiger partial charge >= 0.3 is 5.97 Å². The number of unbranched alkanes of at least 4 members (excludes halogenated alkanes) is 1. The van der Waals surface area contributed by atoms with Crippen molar-refractivity contribution in [2.45, 2.75) is 25.2 Å². The fraction of sp³-hybridized carbons (Fsp3) is 0.222. The first-order valence-corrected chi connectivity index (χ1v) is 10.4. The third-order valence-corrected chi connectivity index (χ3v) is 5.45. The van der Waals surface area contributed by atoms with E-state index in [1.807, 2.05) is 42.5 Å². The van der Waals surface area contributed by atoms with Crippen molar-refractivity contribution in [3.05, 3.63) is 82.9 Å². The van der Waals surface area contributed by atoms with Crippen molar-refractivity contribution in [1.29, 1.82) is 0 Å². The van der Waals surface area contributed by atoms with Gasteiger partial charge in [0.1, 0.15) is 23.0 Å². The Morgan fingerprint density at radius 2 is 1.59 bits per heavy atom. The summed E-state index contributed by atoms with van der Waals surface area (Å²) in [6.07, 6.45) is 1.21. The van der Waals surface area contributed by atoms with Gasteiger partial charge in [-0.05, 0) is 42.3 Å². The van der Waals surface area contributed by atoms with E-state index in [0.717, 1.165) is 45.3 Å². The standard InChI is InChI=1S/C27H24O5/c1-30-20-11-9-19(10-12-20)27-22-14-8-18(6-4-3-5-7-26(28)29)16-24(22)32-25-17-21(31-2)13-15-23(25)27/h8-17,27H,3,5,7H2,1-2H3,(H,28,29). The van der Waals surface area contributed by atoms with E-state index < -0.39 is 5.97 Å². The monoisotopic (exact) mass is 428 g/mol. The number of carboxylic acids is 1. The predicted octanol–water partition coefficient (Wildman–Crippen LogP) is 5.60. The molecule has 0 fully saturated rings. The molecule has 3 aromatic carbocycles. The smallest absolute Gasteiger partial charge is 0.303 e. The lowest BCUT2D eigenvalue weighted by atomic mass is 9.82. The Morgan fingerprint density at radius 1 is 0.938 bits per heavy atom. The van der Waals surface area contributed by atoms with Gasteiger partial charge in [-0.15, -0.1) is 0 Å². The third kappa shape index (κ3) is 4.55. The second-order valence-electron chi connectivity index (χ2n) is 7.51. The largest absolute Gasteiger partial charge is 0.497 e. The molecule has 0 saturated carbocycles. The molecule has 1 aliphatic heterocycles. The minimum Gasteiger partial charge on any atom is -0.497 e. The molecule has 0 amide bonds. The van der Waals surface area contributed by atoms with Gasteiger partial charge in [0.15, 0.2) is 0 Å². The number of aliphatic carboxylic acids is 1. The van der Waals surface area contributed by atoms with Crippen molar-refractivity contribution in [1.82, 2.24) is 0 Å². The molecule has 5 heteroatoms. The van der Waals surface area contributed by atoms with Crippen LogP contribution in [0.15, 0.2) is 60.7 Å². The minimum atomic E-state index is -0.798. The molecule has 1 atom stereocenters. The SMILES string of the molecule is COc1ccc(C2c3ccc(C#CCCCC(=O)O)cc3Oc3cc(OC)ccc32)cc1. The fourth-order valence-corrected chi connectivity index (χ4v) is 3.84.